The van der Waals surface area contributed by atoms with E-state index in [1.807, 2.05) is 0 Å². The van der Waals surface area contributed by atoms with Gasteiger partial charge in [-0.05, 0) is 43.4 Å². The maximum Gasteiger partial charge on any atom is 0.195 e. The largest absolute Gasteiger partial charge is 0.289 e. The van der Waals surface area contributed by atoms with Gasteiger partial charge in [0.15, 0.2) is 23.2 Å². The third-order valence-corrected chi connectivity index (χ3v) is 3.36. The van der Waals surface area contributed by atoms with Gasteiger partial charge in [0.1, 0.15) is 0 Å². The predicted octanol–water partition coefficient (Wildman–Crippen LogP) is 4.57. The standard InChI is InChI=1S/C15H15F3O/c16-12-9-8-11(13(17)14(12)18)15(19)10-6-4-2-1-3-5-7-10/h6,8-9H,1-5,7H2/b10-6+. The first kappa shape index (κ1) is 13.8. The van der Waals surface area contributed by atoms with Crippen LogP contribution in [0.5, 0.6) is 0 Å². The summed E-state index contributed by atoms with van der Waals surface area (Å²) >= 11 is 0. The molecule has 102 valence electrons. The highest BCUT2D eigenvalue weighted by atomic mass is 19.2. The molecule has 1 aromatic carbocycles. The number of ketones is 1. The highest BCUT2D eigenvalue weighted by molar-refractivity contribution is 6.08. The Kier molecular flexibility index (Phi) is 4.40. The summed E-state index contributed by atoms with van der Waals surface area (Å²) < 4.78 is 39.6. The Morgan fingerprint density at radius 1 is 0.947 bits per heavy atom. The van der Waals surface area contributed by atoms with Crippen LogP contribution in [-0.2, 0) is 0 Å². The second-order valence-corrected chi connectivity index (χ2v) is 4.73. The van der Waals surface area contributed by atoms with Gasteiger partial charge in [0, 0.05) is 0 Å². The summed E-state index contributed by atoms with van der Waals surface area (Å²) in [6.45, 7) is 0. The fourth-order valence-corrected chi connectivity index (χ4v) is 2.27. The fraction of sp³-hybridized carbons (Fsp3) is 0.400. The van der Waals surface area contributed by atoms with Crippen molar-refractivity contribution in [1.29, 1.82) is 0 Å². The van der Waals surface area contributed by atoms with Crippen LogP contribution in [0, 0.1) is 17.5 Å². The van der Waals surface area contributed by atoms with Crippen LogP contribution in [0.3, 0.4) is 0 Å². The molecule has 0 aliphatic heterocycles. The molecule has 0 fully saturated rings. The lowest BCUT2D eigenvalue weighted by molar-refractivity contribution is 0.102. The van der Waals surface area contributed by atoms with Crippen molar-refractivity contribution in [2.75, 3.05) is 0 Å². The van der Waals surface area contributed by atoms with Crippen LogP contribution in [0.2, 0.25) is 0 Å². The summed E-state index contributed by atoms with van der Waals surface area (Å²) in [5.74, 6) is -4.79. The van der Waals surface area contributed by atoms with E-state index < -0.39 is 23.2 Å². The fourth-order valence-electron chi connectivity index (χ4n) is 2.27. The minimum Gasteiger partial charge on any atom is -0.289 e. The van der Waals surface area contributed by atoms with Crippen molar-refractivity contribution in [3.63, 3.8) is 0 Å². The summed E-state index contributed by atoms with van der Waals surface area (Å²) in [7, 11) is 0. The molecule has 0 amide bonds. The number of carbonyl (C=O) groups is 1. The van der Waals surface area contributed by atoms with Crippen molar-refractivity contribution in [2.45, 2.75) is 38.5 Å². The number of benzene rings is 1. The molecule has 0 aromatic heterocycles. The number of hydrogen-bond acceptors (Lipinski definition) is 1. The van der Waals surface area contributed by atoms with Gasteiger partial charge < -0.3 is 0 Å². The van der Waals surface area contributed by atoms with E-state index in [-0.39, 0.29) is 5.56 Å². The highest BCUT2D eigenvalue weighted by Crippen LogP contribution is 2.23. The first-order valence-electron chi connectivity index (χ1n) is 6.48. The van der Waals surface area contributed by atoms with E-state index >= 15 is 0 Å². The molecule has 1 aromatic rings. The molecule has 0 heterocycles. The summed E-state index contributed by atoms with van der Waals surface area (Å²) in [5.41, 5.74) is 0.121. The molecule has 0 saturated carbocycles. The van der Waals surface area contributed by atoms with E-state index in [0.29, 0.717) is 12.0 Å². The molecule has 4 heteroatoms. The first-order valence-corrected chi connectivity index (χ1v) is 6.48. The molecule has 1 aliphatic carbocycles. The van der Waals surface area contributed by atoms with Crippen molar-refractivity contribution in [1.82, 2.24) is 0 Å². The van der Waals surface area contributed by atoms with Crippen molar-refractivity contribution in [3.8, 4) is 0 Å². The monoisotopic (exact) mass is 268 g/mol. The number of rotatable bonds is 2. The van der Waals surface area contributed by atoms with Crippen LogP contribution in [-0.4, -0.2) is 5.78 Å². The maximum atomic E-state index is 13.6. The lowest BCUT2D eigenvalue weighted by atomic mass is 9.94. The van der Waals surface area contributed by atoms with Crippen molar-refractivity contribution in [2.24, 2.45) is 0 Å². The molecule has 0 atom stereocenters. The molecular weight excluding hydrogens is 253 g/mol. The summed E-state index contributed by atoms with van der Waals surface area (Å²) in [6, 6.07) is 1.80. The van der Waals surface area contributed by atoms with Crippen LogP contribution >= 0.6 is 0 Å². The SMILES string of the molecule is O=C(/C1=C/CCCCCC1)c1ccc(F)c(F)c1F. The predicted molar refractivity (Wildman–Crippen MR) is 66.4 cm³/mol. The smallest absolute Gasteiger partial charge is 0.195 e. The van der Waals surface area contributed by atoms with E-state index in [1.165, 1.54) is 0 Å². The molecule has 2 rings (SSSR count). The minimum absolute atomic E-state index is 0.384. The molecule has 0 spiro atoms. The van der Waals surface area contributed by atoms with Crippen molar-refractivity contribution >= 4 is 5.78 Å². The molecule has 19 heavy (non-hydrogen) atoms. The quantitative estimate of drug-likeness (QED) is 0.567. The van der Waals surface area contributed by atoms with E-state index in [0.717, 1.165) is 44.2 Å². The van der Waals surface area contributed by atoms with Gasteiger partial charge in [-0.25, -0.2) is 13.2 Å². The zero-order valence-corrected chi connectivity index (χ0v) is 10.5. The Morgan fingerprint density at radius 3 is 2.47 bits per heavy atom. The van der Waals surface area contributed by atoms with E-state index in [9.17, 15) is 18.0 Å². The number of allylic oxidation sites excluding steroid dienone is 2. The Morgan fingerprint density at radius 2 is 1.68 bits per heavy atom. The average Bonchev–Trinajstić information content (AvgIpc) is 2.35. The van der Waals surface area contributed by atoms with Crippen LogP contribution in [0.25, 0.3) is 0 Å². The summed E-state index contributed by atoms with van der Waals surface area (Å²) in [4.78, 5) is 12.2. The lowest BCUT2D eigenvalue weighted by Crippen LogP contribution is -2.09. The Bertz CT molecular complexity index is 520. The molecule has 1 aliphatic rings. The maximum absolute atomic E-state index is 13.6. The van der Waals surface area contributed by atoms with E-state index in [1.54, 1.807) is 6.08 Å². The summed E-state index contributed by atoms with van der Waals surface area (Å²) in [6.07, 6.45) is 7.15. The van der Waals surface area contributed by atoms with Gasteiger partial charge in [-0.1, -0.05) is 18.9 Å². The highest BCUT2D eigenvalue weighted by Gasteiger charge is 2.21. The Hall–Kier alpha value is -1.58. The van der Waals surface area contributed by atoms with E-state index in [2.05, 4.69) is 0 Å². The number of carbonyl (C=O) groups excluding carboxylic acids is 1. The Labute approximate surface area is 110 Å². The molecule has 0 saturated heterocycles. The van der Waals surface area contributed by atoms with Crippen molar-refractivity contribution < 1.29 is 18.0 Å². The second kappa shape index (κ2) is 6.04. The average molecular weight is 268 g/mol. The molecule has 0 unspecified atom stereocenters. The normalized spacial score (nSPS) is 19.2. The van der Waals surface area contributed by atoms with Gasteiger partial charge in [0.25, 0.3) is 0 Å². The first-order chi connectivity index (χ1) is 9.11. The second-order valence-electron chi connectivity index (χ2n) is 4.73. The van der Waals surface area contributed by atoms with Crippen LogP contribution in [0.1, 0.15) is 48.9 Å². The molecule has 1 nitrogen and oxygen atoms in total. The minimum atomic E-state index is -1.59. The summed E-state index contributed by atoms with van der Waals surface area (Å²) in [5, 5.41) is 0. The third kappa shape index (κ3) is 3.06. The molecule has 0 N–H and O–H groups in total. The third-order valence-electron chi connectivity index (χ3n) is 3.36. The van der Waals surface area contributed by atoms with Gasteiger partial charge in [-0.3, -0.25) is 4.79 Å². The van der Waals surface area contributed by atoms with Gasteiger partial charge in [-0.15, -0.1) is 0 Å². The van der Waals surface area contributed by atoms with Gasteiger partial charge in [-0.2, -0.15) is 0 Å². The lowest BCUT2D eigenvalue weighted by Gasteiger charge is -2.11. The number of halogens is 3. The molecule has 0 radical (unpaired) electrons. The zero-order chi connectivity index (χ0) is 13.8. The van der Waals surface area contributed by atoms with Crippen molar-refractivity contribution in [3.05, 3.63) is 46.8 Å². The van der Waals surface area contributed by atoms with Gasteiger partial charge in [0.2, 0.25) is 0 Å². The number of Topliss-reactive ketones (excluding diaryl/α,β-unsaturated/α-hetero) is 1. The van der Waals surface area contributed by atoms with E-state index in [4.69, 9.17) is 0 Å². The molecule has 0 bridgehead atoms. The van der Waals surface area contributed by atoms with Crippen LogP contribution < -0.4 is 0 Å². The van der Waals surface area contributed by atoms with Crippen LogP contribution in [0.15, 0.2) is 23.8 Å². The zero-order valence-electron chi connectivity index (χ0n) is 10.5. The van der Waals surface area contributed by atoms with Gasteiger partial charge in [0.05, 0.1) is 5.56 Å². The van der Waals surface area contributed by atoms with Crippen LogP contribution in [0.4, 0.5) is 13.2 Å². The Balaban J connectivity index is 2.30. The molecular formula is C15H15F3O. The number of hydrogen-bond donors (Lipinski definition) is 0. The van der Waals surface area contributed by atoms with Gasteiger partial charge >= 0.3 is 0 Å². The topological polar surface area (TPSA) is 17.1 Å².